The van der Waals surface area contributed by atoms with E-state index in [9.17, 15) is 0 Å². The van der Waals surface area contributed by atoms with E-state index in [4.69, 9.17) is 4.74 Å². The van der Waals surface area contributed by atoms with Gasteiger partial charge in [-0.2, -0.15) is 0 Å². The summed E-state index contributed by atoms with van der Waals surface area (Å²) in [5.41, 5.74) is 2.58. The lowest BCUT2D eigenvalue weighted by Gasteiger charge is -2.22. The Morgan fingerprint density at radius 3 is 2.20 bits per heavy atom. The van der Waals surface area contributed by atoms with E-state index < -0.39 is 0 Å². The highest BCUT2D eigenvalue weighted by atomic mass is 16.5. The van der Waals surface area contributed by atoms with Gasteiger partial charge in [0.05, 0.1) is 6.61 Å². The van der Waals surface area contributed by atoms with Crippen LogP contribution in [0.25, 0.3) is 0 Å². The third-order valence-electron chi connectivity index (χ3n) is 4.58. The number of aryl methyl sites for hydroxylation is 1. The van der Waals surface area contributed by atoms with Gasteiger partial charge in [0.15, 0.2) is 0 Å². The number of rotatable bonds is 15. The molecule has 25 heavy (non-hydrogen) atoms. The van der Waals surface area contributed by atoms with Gasteiger partial charge in [0.1, 0.15) is 5.75 Å². The summed E-state index contributed by atoms with van der Waals surface area (Å²) < 4.78 is 5.84. The molecular weight excluding hydrogens is 308 g/mol. The molecule has 0 unspecified atom stereocenters. The summed E-state index contributed by atoms with van der Waals surface area (Å²) in [4.78, 5) is 2.61. The van der Waals surface area contributed by atoms with Crippen molar-refractivity contribution >= 4 is 0 Å². The van der Waals surface area contributed by atoms with E-state index in [-0.39, 0.29) is 0 Å². The van der Waals surface area contributed by atoms with Crippen LogP contribution in [0.3, 0.4) is 0 Å². The van der Waals surface area contributed by atoms with Crippen LogP contribution in [0, 0.1) is 6.92 Å². The molecule has 0 heterocycles. The number of hydrogen-bond acceptors (Lipinski definition) is 3. The second kappa shape index (κ2) is 14.1. The molecule has 0 aromatic heterocycles. The number of nitrogens with one attached hydrogen (secondary N) is 1. The quantitative estimate of drug-likeness (QED) is 0.443. The maximum absolute atomic E-state index is 5.84. The van der Waals surface area contributed by atoms with Gasteiger partial charge in [0, 0.05) is 19.6 Å². The molecule has 0 aliphatic rings. The minimum Gasteiger partial charge on any atom is -0.493 e. The van der Waals surface area contributed by atoms with Crippen LogP contribution in [0.4, 0.5) is 0 Å². The fourth-order valence-corrected chi connectivity index (χ4v) is 2.88. The van der Waals surface area contributed by atoms with Crippen LogP contribution in [-0.2, 0) is 6.54 Å². The Balaban J connectivity index is 2.32. The van der Waals surface area contributed by atoms with E-state index in [1.165, 1.54) is 56.3 Å². The van der Waals surface area contributed by atoms with Crippen molar-refractivity contribution in [3.05, 3.63) is 29.3 Å². The van der Waals surface area contributed by atoms with Gasteiger partial charge in [0.25, 0.3) is 0 Å². The Morgan fingerprint density at radius 1 is 0.920 bits per heavy atom. The molecule has 0 amide bonds. The number of unbranched alkanes of at least 4 members (excludes halogenated alkanes) is 3. The van der Waals surface area contributed by atoms with Crippen molar-refractivity contribution in [2.45, 2.75) is 72.8 Å². The van der Waals surface area contributed by atoms with Gasteiger partial charge in [-0.05, 0) is 56.5 Å². The molecular formula is C22H40N2O. The maximum Gasteiger partial charge on any atom is 0.122 e. The Hall–Kier alpha value is -1.06. The molecule has 3 heteroatoms. The van der Waals surface area contributed by atoms with Crippen molar-refractivity contribution in [1.29, 1.82) is 0 Å². The summed E-state index contributed by atoms with van der Waals surface area (Å²) in [5.74, 6) is 1.03. The third kappa shape index (κ3) is 9.86. The molecule has 3 nitrogen and oxygen atoms in total. The SMILES string of the molecule is CCCCOc1ccc(CNCCN(CCCC)CCCC)cc1C. The second-order valence-corrected chi connectivity index (χ2v) is 7.03. The minimum absolute atomic E-state index is 0.820. The van der Waals surface area contributed by atoms with Crippen LogP contribution in [0.1, 0.15) is 70.4 Å². The lowest BCUT2D eigenvalue weighted by Crippen LogP contribution is -2.33. The molecule has 1 aromatic carbocycles. The summed E-state index contributed by atoms with van der Waals surface area (Å²) in [6.07, 6.45) is 7.47. The molecule has 0 atom stereocenters. The smallest absolute Gasteiger partial charge is 0.122 e. The number of nitrogens with zero attached hydrogens (tertiary/aromatic N) is 1. The molecule has 0 bridgehead atoms. The number of benzene rings is 1. The first-order chi connectivity index (χ1) is 12.2. The van der Waals surface area contributed by atoms with Gasteiger partial charge in [-0.25, -0.2) is 0 Å². The van der Waals surface area contributed by atoms with Crippen LogP contribution in [0.2, 0.25) is 0 Å². The van der Waals surface area contributed by atoms with Crippen molar-refractivity contribution in [2.75, 3.05) is 32.8 Å². The van der Waals surface area contributed by atoms with E-state index in [0.717, 1.165) is 38.4 Å². The van der Waals surface area contributed by atoms with Gasteiger partial charge in [-0.1, -0.05) is 52.2 Å². The van der Waals surface area contributed by atoms with Crippen molar-refractivity contribution < 1.29 is 4.74 Å². The molecule has 0 saturated carbocycles. The predicted octanol–water partition coefficient (Wildman–Crippen LogP) is 5.17. The average Bonchev–Trinajstić information content (AvgIpc) is 2.62. The Labute approximate surface area is 156 Å². The third-order valence-corrected chi connectivity index (χ3v) is 4.58. The van der Waals surface area contributed by atoms with Crippen molar-refractivity contribution in [3.63, 3.8) is 0 Å². The van der Waals surface area contributed by atoms with Crippen molar-refractivity contribution in [3.8, 4) is 5.75 Å². The van der Waals surface area contributed by atoms with Gasteiger partial charge in [-0.15, -0.1) is 0 Å². The maximum atomic E-state index is 5.84. The highest BCUT2D eigenvalue weighted by molar-refractivity contribution is 5.36. The molecule has 1 rings (SSSR count). The summed E-state index contributed by atoms with van der Waals surface area (Å²) >= 11 is 0. The van der Waals surface area contributed by atoms with Crippen LogP contribution in [0.15, 0.2) is 18.2 Å². The largest absolute Gasteiger partial charge is 0.493 e. The highest BCUT2D eigenvalue weighted by Gasteiger charge is 2.04. The molecule has 0 fully saturated rings. The fraction of sp³-hybridized carbons (Fsp3) is 0.727. The van der Waals surface area contributed by atoms with Gasteiger partial charge in [0.2, 0.25) is 0 Å². The monoisotopic (exact) mass is 348 g/mol. The van der Waals surface area contributed by atoms with Gasteiger partial charge >= 0.3 is 0 Å². The normalized spacial score (nSPS) is 11.2. The predicted molar refractivity (Wildman–Crippen MR) is 110 cm³/mol. The summed E-state index contributed by atoms with van der Waals surface area (Å²) in [7, 11) is 0. The first kappa shape index (κ1) is 22.0. The molecule has 0 aliphatic heterocycles. The molecule has 1 N–H and O–H groups in total. The first-order valence-electron chi connectivity index (χ1n) is 10.4. The zero-order valence-corrected chi connectivity index (χ0v) is 17.1. The summed E-state index contributed by atoms with van der Waals surface area (Å²) in [6.45, 7) is 15.3. The van der Waals surface area contributed by atoms with E-state index in [2.05, 4.69) is 56.1 Å². The van der Waals surface area contributed by atoms with E-state index in [0.29, 0.717) is 0 Å². The van der Waals surface area contributed by atoms with E-state index in [1.54, 1.807) is 0 Å². The van der Waals surface area contributed by atoms with Crippen LogP contribution < -0.4 is 10.1 Å². The molecule has 0 saturated heterocycles. The Bertz CT molecular complexity index is 440. The average molecular weight is 349 g/mol. The van der Waals surface area contributed by atoms with Crippen LogP contribution in [0.5, 0.6) is 5.75 Å². The Morgan fingerprint density at radius 2 is 1.60 bits per heavy atom. The number of ether oxygens (including phenoxy) is 1. The zero-order chi connectivity index (χ0) is 18.3. The van der Waals surface area contributed by atoms with Crippen molar-refractivity contribution in [1.82, 2.24) is 10.2 Å². The van der Waals surface area contributed by atoms with Crippen LogP contribution >= 0.6 is 0 Å². The van der Waals surface area contributed by atoms with Crippen molar-refractivity contribution in [2.24, 2.45) is 0 Å². The van der Waals surface area contributed by atoms with Gasteiger partial charge in [-0.3, -0.25) is 0 Å². The van der Waals surface area contributed by atoms with Gasteiger partial charge < -0.3 is 15.0 Å². The lowest BCUT2D eigenvalue weighted by atomic mass is 10.1. The first-order valence-corrected chi connectivity index (χ1v) is 10.4. The summed E-state index contributed by atoms with van der Waals surface area (Å²) in [6, 6.07) is 6.56. The Kier molecular flexibility index (Phi) is 12.4. The molecule has 0 spiro atoms. The zero-order valence-electron chi connectivity index (χ0n) is 17.1. The summed E-state index contributed by atoms with van der Waals surface area (Å²) in [5, 5.41) is 3.60. The molecule has 0 radical (unpaired) electrons. The lowest BCUT2D eigenvalue weighted by molar-refractivity contribution is 0.264. The standard InChI is InChI=1S/C22H40N2O/c1-5-8-14-24(15-9-6-2)16-13-23-19-21-11-12-22(20(4)18-21)25-17-10-7-3/h11-12,18,23H,5-10,13-17,19H2,1-4H3. The number of hydrogen-bond donors (Lipinski definition) is 1. The molecule has 0 aliphatic carbocycles. The van der Waals surface area contributed by atoms with E-state index >= 15 is 0 Å². The fourth-order valence-electron chi connectivity index (χ4n) is 2.88. The van der Waals surface area contributed by atoms with E-state index in [1.807, 2.05) is 0 Å². The van der Waals surface area contributed by atoms with Crippen LogP contribution in [-0.4, -0.2) is 37.7 Å². The molecule has 144 valence electrons. The second-order valence-electron chi connectivity index (χ2n) is 7.03. The topological polar surface area (TPSA) is 24.5 Å². The minimum atomic E-state index is 0.820. The molecule has 1 aromatic rings. The highest BCUT2D eigenvalue weighted by Crippen LogP contribution is 2.19.